The smallest absolute Gasteiger partial charge is 0.0522 e. The summed E-state index contributed by atoms with van der Waals surface area (Å²) in [6.07, 6.45) is 5.16. The van der Waals surface area contributed by atoms with Gasteiger partial charge in [-0.05, 0) is 20.5 Å². The number of unbranched alkanes of at least 4 members (excludes halogenated alkanes) is 2. The summed E-state index contributed by atoms with van der Waals surface area (Å²) in [5, 5.41) is 0.451. The molecule has 0 heterocycles. The number of rotatable bonds is 5. The van der Waals surface area contributed by atoms with E-state index in [4.69, 9.17) is 0 Å². The third-order valence-corrected chi connectivity index (χ3v) is 2.38. The summed E-state index contributed by atoms with van der Waals surface area (Å²) in [6, 6.07) is 0. The minimum absolute atomic E-state index is 0.451. The first-order chi connectivity index (χ1) is 4.68. The van der Waals surface area contributed by atoms with Gasteiger partial charge in [0.15, 0.2) is 0 Å². The van der Waals surface area contributed by atoms with Gasteiger partial charge in [-0.3, -0.25) is 4.90 Å². The van der Waals surface area contributed by atoms with Crippen molar-refractivity contribution in [1.29, 1.82) is 0 Å². The molecule has 62 valence electrons. The van der Waals surface area contributed by atoms with Crippen molar-refractivity contribution in [1.82, 2.24) is 4.90 Å². The second-order valence-electron chi connectivity index (χ2n) is 2.94. The third-order valence-electron chi connectivity index (χ3n) is 1.66. The molecule has 1 atom stereocenters. The molecular weight excluding hydrogens is 142 g/mol. The van der Waals surface area contributed by atoms with Gasteiger partial charge in [-0.25, -0.2) is 0 Å². The fourth-order valence-electron chi connectivity index (χ4n) is 0.835. The van der Waals surface area contributed by atoms with E-state index in [1.165, 1.54) is 25.7 Å². The molecule has 0 aliphatic heterocycles. The predicted molar refractivity (Wildman–Crippen MR) is 50.6 cm³/mol. The normalized spacial score (nSPS) is 14.1. The lowest BCUT2D eigenvalue weighted by Gasteiger charge is -2.17. The average molecular weight is 161 g/mol. The maximum Gasteiger partial charge on any atom is 0.0522 e. The first-order valence-electron chi connectivity index (χ1n) is 4.03. The summed E-state index contributed by atoms with van der Waals surface area (Å²) in [7, 11) is 4.15. The van der Waals surface area contributed by atoms with Crippen LogP contribution in [0.1, 0.15) is 32.6 Å². The summed E-state index contributed by atoms with van der Waals surface area (Å²) >= 11 is 4.42. The Morgan fingerprint density at radius 2 is 1.90 bits per heavy atom. The summed E-state index contributed by atoms with van der Waals surface area (Å²) in [4.78, 5) is 2.15. The van der Waals surface area contributed by atoms with Crippen LogP contribution in [0.15, 0.2) is 0 Å². The standard InChI is InChI=1S/C8H19NS/c1-4-5-6-7-8(10)9(2)3/h8,10H,4-7H2,1-3H3. The van der Waals surface area contributed by atoms with E-state index in [1.54, 1.807) is 0 Å². The number of thiol groups is 1. The molecule has 0 rings (SSSR count). The number of nitrogens with zero attached hydrogens (tertiary/aromatic N) is 1. The third kappa shape index (κ3) is 5.12. The van der Waals surface area contributed by atoms with Crippen LogP contribution in [0.4, 0.5) is 0 Å². The monoisotopic (exact) mass is 161 g/mol. The van der Waals surface area contributed by atoms with Gasteiger partial charge in [-0.2, -0.15) is 12.6 Å². The second kappa shape index (κ2) is 6.05. The van der Waals surface area contributed by atoms with Crippen LogP contribution in [0.25, 0.3) is 0 Å². The highest BCUT2D eigenvalue weighted by Gasteiger charge is 2.02. The van der Waals surface area contributed by atoms with Crippen molar-refractivity contribution < 1.29 is 0 Å². The van der Waals surface area contributed by atoms with E-state index in [0.717, 1.165) is 0 Å². The van der Waals surface area contributed by atoms with Gasteiger partial charge >= 0.3 is 0 Å². The molecule has 0 aromatic rings. The van der Waals surface area contributed by atoms with E-state index >= 15 is 0 Å². The first kappa shape index (κ1) is 10.3. The highest BCUT2D eigenvalue weighted by molar-refractivity contribution is 7.80. The lowest BCUT2D eigenvalue weighted by atomic mass is 10.2. The molecule has 0 aliphatic rings. The Kier molecular flexibility index (Phi) is 6.24. The molecule has 0 saturated carbocycles. The van der Waals surface area contributed by atoms with Crippen molar-refractivity contribution in [2.75, 3.05) is 14.1 Å². The van der Waals surface area contributed by atoms with E-state index in [2.05, 4.69) is 38.5 Å². The van der Waals surface area contributed by atoms with E-state index in [-0.39, 0.29) is 0 Å². The maximum absolute atomic E-state index is 4.42. The van der Waals surface area contributed by atoms with Gasteiger partial charge in [0.2, 0.25) is 0 Å². The van der Waals surface area contributed by atoms with Crippen LogP contribution in [0.3, 0.4) is 0 Å². The zero-order valence-corrected chi connectivity index (χ0v) is 8.19. The van der Waals surface area contributed by atoms with E-state index in [9.17, 15) is 0 Å². The molecule has 0 aromatic carbocycles. The summed E-state index contributed by atoms with van der Waals surface area (Å²) in [5.41, 5.74) is 0. The molecule has 0 aromatic heterocycles. The molecule has 1 nitrogen and oxygen atoms in total. The SMILES string of the molecule is CCCCCC(S)N(C)C. The second-order valence-corrected chi connectivity index (χ2v) is 3.54. The maximum atomic E-state index is 4.42. The zero-order valence-electron chi connectivity index (χ0n) is 7.30. The van der Waals surface area contributed by atoms with Gasteiger partial charge in [0.1, 0.15) is 0 Å². The molecule has 0 spiro atoms. The Hall–Kier alpha value is 0.310. The Bertz CT molecular complexity index is 73.7. The number of hydrogen-bond donors (Lipinski definition) is 1. The van der Waals surface area contributed by atoms with Crippen LogP contribution in [0.5, 0.6) is 0 Å². The average Bonchev–Trinajstić information content (AvgIpc) is 1.88. The Balaban J connectivity index is 3.13. The molecule has 0 fully saturated rings. The van der Waals surface area contributed by atoms with Gasteiger partial charge in [0.05, 0.1) is 5.37 Å². The zero-order chi connectivity index (χ0) is 7.98. The van der Waals surface area contributed by atoms with Crippen LogP contribution >= 0.6 is 12.6 Å². The van der Waals surface area contributed by atoms with Crippen LogP contribution in [0.2, 0.25) is 0 Å². The largest absolute Gasteiger partial charge is 0.298 e. The van der Waals surface area contributed by atoms with Gasteiger partial charge in [-0.15, -0.1) is 0 Å². The lowest BCUT2D eigenvalue weighted by Crippen LogP contribution is -2.21. The molecule has 0 bridgehead atoms. The van der Waals surface area contributed by atoms with Gasteiger partial charge < -0.3 is 0 Å². The van der Waals surface area contributed by atoms with Gasteiger partial charge in [0, 0.05) is 0 Å². The highest BCUT2D eigenvalue weighted by Crippen LogP contribution is 2.09. The van der Waals surface area contributed by atoms with E-state index < -0.39 is 0 Å². The quantitative estimate of drug-likeness (QED) is 0.368. The van der Waals surface area contributed by atoms with Crippen LogP contribution in [-0.2, 0) is 0 Å². The fraction of sp³-hybridized carbons (Fsp3) is 1.00. The molecule has 2 heteroatoms. The minimum atomic E-state index is 0.451. The minimum Gasteiger partial charge on any atom is -0.298 e. The van der Waals surface area contributed by atoms with Crippen LogP contribution in [-0.4, -0.2) is 24.4 Å². The highest BCUT2D eigenvalue weighted by atomic mass is 32.1. The summed E-state index contributed by atoms with van der Waals surface area (Å²) in [5.74, 6) is 0. The van der Waals surface area contributed by atoms with Crippen molar-refractivity contribution in [2.24, 2.45) is 0 Å². The molecule has 0 amide bonds. The van der Waals surface area contributed by atoms with Crippen molar-refractivity contribution in [3.63, 3.8) is 0 Å². The molecule has 0 saturated heterocycles. The van der Waals surface area contributed by atoms with Crippen molar-refractivity contribution in [3.8, 4) is 0 Å². The summed E-state index contributed by atoms with van der Waals surface area (Å²) < 4.78 is 0. The molecule has 0 aliphatic carbocycles. The Morgan fingerprint density at radius 3 is 2.30 bits per heavy atom. The van der Waals surface area contributed by atoms with E-state index in [0.29, 0.717) is 5.37 Å². The van der Waals surface area contributed by atoms with Crippen molar-refractivity contribution in [3.05, 3.63) is 0 Å². The van der Waals surface area contributed by atoms with Gasteiger partial charge in [-0.1, -0.05) is 26.2 Å². The first-order valence-corrected chi connectivity index (χ1v) is 4.54. The Labute approximate surface area is 70.2 Å². The molecule has 0 radical (unpaired) electrons. The van der Waals surface area contributed by atoms with E-state index in [1.807, 2.05) is 0 Å². The molecule has 10 heavy (non-hydrogen) atoms. The topological polar surface area (TPSA) is 3.24 Å². The summed E-state index contributed by atoms with van der Waals surface area (Å²) in [6.45, 7) is 2.23. The van der Waals surface area contributed by atoms with Crippen molar-refractivity contribution in [2.45, 2.75) is 38.0 Å². The Morgan fingerprint density at radius 1 is 1.30 bits per heavy atom. The number of hydrogen-bond acceptors (Lipinski definition) is 2. The predicted octanol–water partition coefficient (Wildman–Crippen LogP) is 2.38. The molecule has 0 N–H and O–H groups in total. The molecule has 1 unspecified atom stereocenters. The fourth-order valence-corrected chi connectivity index (χ4v) is 1.02. The van der Waals surface area contributed by atoms with Crippen LogP contribution < -0.4 is 0 Å². The van der Waals surface area contributed by atoms with Crippen molar-refractivity contribution >= 4 is 12.6 Å². The molecular formula is C8H19NS. The van der Waals surface area contributed by atoms with Gasteiger partial charge in [0.25, 0.3) is 0 Å². The lowest BCUT2D eigenvalue weighted by molar-refractivity contribution is 0.361. The van der Waals surface area contributed by atoms with Crippen LogP contribution in [0, 0.1) is 0 Å².